The Morgan fingerprint density at radius 3 is 2.55 bits per heavy atom. The van der Waals surface area contributed by atoms with E-state index >= 15 is 0 Å². The van der Waals surface area contributed by atoms with Crippen molar-refractivity contribution in [1.82, 2.24) is 9.78 Å². The van der Waals surface area contributed by atoms with E-state index in [1.165, 1.54) is 4.68 Å². The highest BCUT2D eigenvalue weighted by Gasteiger charge is 2.19. The average Bonchev–Trinajstić information content (AvgIpc) is 2.82. The van der Waals surface area contributed by atoms with Crippen LogP contribution in [0.5, 0.6) is 0 Å². The fourth-order valence-corrected chi connectivity index (χ4v) is 2.60. The Kier molecular flexibility index (Phi) is 3.69. The van der Waals surface area contributed by atoms with Crippen LogP contribution < -0.4 is 5.73 Å². The van der Waals surface area contributed by atoms with Crippen LogP contribution in [-0.2, 0) is 0 Å². The van der Waals surface area contributed by atoms with Crippen molar-refractivity contribution < 1.29 is 4.79 Å². The molecular formula is C17H14ClN3O. The highest BCUT2D eigenvalue weighted by atomic mass is 35.5. The molecule has 4 nitrogen and oxygen atoms in total. The maximum absolute atomic E-state index is 12.6. The molecule has 2 N–H and O–H groups in total. The second-order valence-electron chi connectivity index (χ2n) is 4.94. The molecule has 0 atom stereocenters. The minimum Gasteiger partial charge on any atom is -0.383 e. The molecule has 0 aliphatic carbocycles. The molecule has 0 unspecified atom stereocenters. The van der Waals surface area contributed by atoms with Crippen molar-refractivity contribution in [2.24, 2.45) is 0 Å². The van der Waals surface area contributed by atoms with Crippen molar-refractivity contribution in [2.75, 3.05) is 5.73 Å². The molecular weight excluding hydrogens is 298 g/mol. The summed E-state index contributed by atoms with van der Waals surface area (Å²) < 4.78 is 1.23. The van der Waals surface area contributed by atoms with Crippen molar-refractivity contribution in [3.8, 4) is 11.1 Å². The predicted molar refractivity (Wildman–Crippen MR) is 88.0 cm³/mol. The third kappa shape index (κ3) is 2.49. The van der Waals surface area contributed by atoms with Gasteiger partial charge in [0.1, 0.15) is 5.82 Å². The Morgan fingerprint density at radius 2 is 1.86 bits per heavy atom. The fraction of sp³-hybridized carbons (Fsp3) is 0.0588. The maximum atomic E-state index is 12.6. The van der Waals surface area contributed by atoms with Crippen LogP contribution in [0.15, 0.2) is 54.6 Å². The lowest BCUT2D eigenvalue weighted by atomic mass is 10.1. The van der Waals surface area contributed by atoms with Gasteiger partial charge in [-0.3, -0.25) is 4.79 Å². The molecule has 0 fully saturated rings. The number of carbonyl (C=O) groups excluding carboxylic acids is 1. The number of carbonyl (C=O) groups is 1. The van der Waals surface area contributed by atoms with Gasteiger partial charge in [0.05, 0.1) is 5.69 Å². The van der Waals surface area contributed by atoms with Gasteiger partial charge in [-0.25, -0.2) is 0 Å². The lowest BCUT2D eigenvalue weighted by Crippen LogP contribution is -2.16. The monoisotopic (exact) mass is 311 g/mol. The summed E-state index contributed by atoms with van der Waals surface area (Å²) in [7, 11) is 0. The lowest BCUT2D eigenvalue weighted by molar-refractivity contribution is 0.0947. The number of hydrogen-bond acceptors (Lipinski definition) is 3. The van der Waals surface area contributed by atoms with Gasteiger partial charge in [-0.2, -0.15) is 9.78 Å². The number of halogens is 1. The first-order valence-electron chi connectivity index (χ1n) is 6.78. The van der Waals surface area contributed by atoms with E-state index < -0.39 is 0 Å². The zero-order chi connectivity index (χ0) is 15.7. The van der Waals surface area contributed by atoms with E-state index in [0.29, 0.717) is 22.1 Å². The van der Waals surface area contributed by atoms with Gasteiger partial charge in [-0.1, -0.05) is 48.0 Å². The first-order chi connectivity index (χ1) is 10.6. The van der Waals surface area contributed by atoms with Crippen molar-refractivity contribution in [3.63, 3.8) is 0 Å². The molecule has 0 radical (unpaired) electrons. The molecule has 22 heavy (non-hydrogen) atoms. The highest BCUT2D eigenvalue weighted by Crippen LogP contribution is 2.29. The largest absolute Gasteiger partial charge is 0.383 e. The molecule has 0 bridgehead atoms. The van der Waals surface area contributed by atoms with E-state index in [1.54, 1.807) is 24.3 Å². The summed E-state index contributed by atoms with van der Waals surface area (Å²) in [5.41, 5.74) is 9.02. The maximum Gasteiger partial charge on any atom is 0.280 e. The average molecular weight is 312 g/mol. The SMILES string of the molecule is Cc1nn(C(=O)c2cccc(Cl)c2)c(N)c1-c1ccccc1. The van der Waals surface area contributed by atoms with Gasteiger partial charge in [0, 0.05) is 16.1 Å². The minimum atomic E-state index is -0.301. The van der Waals surface area contributed by atoms with Crippen LogP contribution in [0, 0.1) is 6.92 Å². The first-order valence-corrected chi connectivity index (χ1v) is 7.16. The Bertz CT molecular complexity index is 840. The van der Waals surface area contributed by atoms with Crippen molar-refractivity contribution >= 4 is 23.3 Å². The predicted octanol–water partition coefficient (Wildman–Crippen LogP) is 3.78. The number of benzene rings is 2. The molecule has 0 aliphatic rings. The summed E-state index contributed by atoms with van der Waals surface area (Å²) in [5.74, 6) is 0.0268. The molecule has 0 amide bonds. The van der Waals surface area contributed by atoms with E-state index in [2.05, 4.69) is 5.10 Å². The van der Waals surface area contributed by atoms with Crippen LogP contribution in [0.1, 0.15) is 16.1 Å². The molecule has 0 aliphatic heterocycles. The molecule has 1 aromatic heterocycles. The summed E-state index contributed by atoms with van der Waals surface area (Å²) in [6, 6.07) is 16.4. The molecule has 3 aromatic rings. The van der Waals surface area contributed by atoms with Crippen LogP contribution in [0.25, 0.3) is 11.1 Å². The zero-order valence-electron chi connectivity index (χ0n) is 12.0. The topological polar surface area (TPSA) is 60.9 Å². The number of hydrogen-bond donors (Lipinski definition) is 1. The third-order valence-electron chi connectivity index (χ3n) is 3.42. The standard InChI is InChI=1S/C17H14ClN3O/c1-11-15(12-6-3-2-4-7-12)16(19)21(20-11)17(22)13-8-5-9-14(18)10-13/h2-10H,19H2,1H3. The van der Waals surface area contributed by atoms with E-state index in [0.717, 1.165) is 11.1 Å². The normalized spacial score (nSPS) is 10.6. The van der Waals surface area contributed by atoms with E-state index in [-0.39, 0.29) is 5.91 Å². The lowest BCUT2D eigenvalue weighted by Gasteiger charge is -2.05. The Balaban J connectivity index is 2.08. The number of nitrogens with zero attached hydrogens (tertiary/aromatic N) is 2. The van der Waals surface area contributed by atoms with Crippen LogP contribution in [-0.4, -0.2) is 15.7 Å². The second-order valence-corrected chi connectivity index (χ2v) is 5.38. The van der Waals surface area contributed by atoms with Crippen LogP contribution in [0.3, 0.4) is 0 Å². The quantitative estimate of drug-likeness (QED) is 0.783. The summed E-state index contributed by atoms with van der Waals surface area (Å²) >= 11 is 5.94. The van der Waals surface area contributed by atoms with E-state index in [9.17, 15) is 4.79 Å². The Morgan fingerprint density at radius 1 is 1.14 bits per heavy atom. The fourth-order valence-electron chi connectivity index (χ4n) is 2.41. The van der Waals surface area contributed by atoms with Gasteiger partial charge in [0.2, 0.25) is 0 Å². The number of aromatic nitrogens is 2. The highest BCUT2D eigenvalue weighted by molar-refractivity contribution is 6.31. The van der Waals surface area contributed by atoms with Gasteiger partial charge >= 0.3 is 0 Å². The first kappa shape index (κ1) is 14.4. The Labute approximate surface area is 133 Å². The van der Waals surface area contributed by atoms with Crippen molar-refractivity contribution in [1.29, 1.82) is 0 Å². The summed E-state index contributed by atoms with van der Waals surface area (Å²) in [6.07, 6.45) is 0. The van der Waals surface area contributed by atoms with Gasteiger partial charge < -0.3 is 5.73 Å². The van der Waals surface area contributed by atoms with Gasteiger partial charge in [0.25, 0.3) is 5.91 Å². The summed E-state index contributed by atoms with van der Waals surface area (Å²) in [6.45, 7) is 1.83. The molecule has 110 valence electrons. The van der Waals surface area contributed by atoms with E-state index in [1.807, 2.05) is 37.3 Å². The molecule has 1 heterocycles. The van der Waals surface area contributed by atoms with Crippen LogP contribution in [0.4, 0.5) is 5.82 Å². The van der Waals surface area contributed by atoms with Crippen molar-refractivity contribution in [3.05, 3.63) is 70.9 Å². The number of rotatable bonds is 2. The molecule has 0 saturated heterocycles. The summed E-state index contributed by atoms with van der Waals surface area (Å²) in [4.78, 5) is 12.6. The van der Waals surface area contributed by atoms with Gasteiger partial charge in [-0.15, -0.1) is 0 Å². The zero-order valence-corrected chi connectivity index (χ0v) is 12.7. The molecule has 0 spiro atoms. The molecule has 3 rings (SSSR count). The third-order valence-corrected chi connectivity index (χ3v) is 3.66. The molecule has 5 heteroatoms. The van der Waals surface area contributed by atoms with Crippen molar-refractivity contribution in [2.45, 2.75) is 6.92 Å². The van der Waals surface area contributed by atoms with Gasteiger partial charge in [-0.05, 0) is 30.7 Å². The molecule has 0 saturated carbocycles. The second kappa shape index (κ2) is 5.66. The number of nitrogen functional groups attached to an aromatic ring is 1. The number of nitrogens with two attached hydrogens (primary N) is 1. The summed E-state index contributed by atoms with van der Waals surface area (Å²) in [5, 5.41) is 4.79. The van der Waals surface area contributed by atoms with E-state index in [4.69, 9.17) is 17.3 Å². The van der Waals surface area contributed by atoms with Crippen LogP contribution >= 0.6 is 11.6 Å². The minimum absolute atomic E-state index is 0.301. The van der Waals surface area contributed by atoms with Gasteiger partial charge in [0.15, 0.2) is 0 Å². The van der Waals surface area contributed by atoms with Crippen LogP contribution in [0.2, 0.25) is 5.02 Å². The molecule has 2 aromatic carbocycles. The number of anilines is 1. The Hall–Kier alpha value is -2.59. The number of aryl methyl sites for hydroxylation is 1. The smallest absolute Gasteiger partial charge is 0.280 e.